The van der Waals surface area contributed by atoms with Crippen LogP contribution >= 0.6 is 9.24 Å². The van der Waals surface area contributed by atoms with Crippen LogP contribution in [0.1, 0.15) is 35.7 Å². The maximum Gasteiger partial charge on any atom is 0.301 e. The first-order chi connectivity index (χ1) is 15.8. The summed E-state index contributed by atoms with van der Waals surface area (Å²) < 4.78 is 28.7. The van der Waals surface area contributed by atoms with E-state index in [0.29, 0.717) is 5.92 Å². The minimum atomic E-state index is -3.07. The predicted octanol–water partition coefficient (Wildman–Crippen LogP) is 5.10. The molecule has 0 spiro atoms. The second kappa shape index (κ2) is 7.19. The molecule has 2 fully saturated rings. The van der Waals surface area contributed by atoms with E-state index in [-0.39, 0.29) is 23.6 Å². The number of anilines is 1. The molecule has 4 aromatic rings. The molecule has 6 rings (SSSR count). The molecule has 2 unspecified atom stereocenters. The van der Waals surface area contributed by atoms with Gasteiger partial charge in [0, 0.05) is 17.6 Å². The summed E-state index contributed by atoms with van der Waals surface area (Å²) in [6.07, 6.45) is 6.54. The van der Waals surface area contributed by atoms with Crippen LogP contribution in [0.3, 0.4) is 0 Å². The third kappa shape index (κ3) is 3.35. The van der Waals surface area contributed by atoms with E-state index in [0.717, 1.165) is 46.4 Å². The fraction of sp³-hybridized carbons (Fsp3) is 0.292. The van der Waals surface area contributed by atoms with Crippen molar-refractivity contribution >= 4 is 31.9 Å². The number of aromatic amines is 1. The van der Waals surface area contributed by atoms with Crippen molar-refractivity contribution in [3.63, 3.8) is 0 Å². The molecule has 6 nitrogen and oxygen atoms in total. The molecule has 2 aliphatic rings. The smallest absolute Gasteiger partial charge is 0.301 e. The van der Waals surface area contributed by atoms with Crippen LogP contribution in [0.2, 0.25) is 0 Å². The Morgan fingerprint density at radius 3 is 2.61 bits per heavy atom. The largest absolute Gasteiger partial charge is 0.345 e. The highest BCUT2D eigenvalue weighted by atomic mass is 31.0. The van der Waals surface area contributed by atoms with Gasteiger partial charge in [-0.15, -0.1) is 0 Å². The summed E-state index contributed by atoms with van der Waals surface area (Å²) >= 11 is 0. The molecule has 1 aliphatic carbocycles. The minimum Gasteiger partial charge on any atom is -0.345 e. The molecule has 2 aromatic carbocycles. The Hall–Kier alpha value is -3.12. The highest BCUT2D eigenvalue weighted by Gasteiger charge is 2.55. The number of aryl methyl sites for hydroxylation is 1. The molecule has 3 heterocycles. The number of benzene rings is 2. The fourth-order valence-corrected chi connectivity index (χ4v) is 5.05. The Morgan fingerprint density at radius 2 is 1.91 bits per heavy atom. The van der Waals surface area contributed by atoms with Gasteiger partial charge < -0.3 is 14.5 Å². The van der Waals surface area contributed by atoms with Crippen LogP contribution in [0.15, 0.2) is 55.2 Å². The Balaban J connectivity index is 1.37. The highest BCUT2D eigenvalue weighted by Crippen LogP contribution is 2.54. The number of rotatable bonds is 5. The third-order valence-electron chi connectivity index (χ3n) is 6.75. The van der Waals surface area contributed by atoms with E-state index >= 15 is 0 Å². The SMILES string of the molecule is Cc1cc(-n2cnc(C(F)(F)P)c2)ccc1[C@H]1C(C2CC2)C(=O)N1c1ccc2[nH]cnc2c1. The van der Waals surface area contributed by atoms with Gasteiger partial charge >= 0.3 is 5.66 Å². The number of alkyl halides is 2. The lowest BCUT2D eigenvalue weighted by molar-refractivity contribution is -0.131. The number of fused-ring (bicyclic) bond motifs is 1. The molecule has 2 aromatic heterocycles. The quantitative estimate of drug-likeness (QED) is 0.330. The number of halogens is 2. The first-order valence-electron chi connectivity index (χ1n) is 10.9. The first-order valence-corrected chi connectivity index (χ1v) is 11.5. The lowest BCUT2D eigenvalue weighted by Gasteiger charge is -2.48. The van der Waals surface area contributed by atoms with E-state index in [1.807, 2.05) is 48.2 Å². The average Bonchev–Trinajstić information content (AvgIpc) is 3.25. The zero-order valence-corrected chi connectivity index (χ0v) is 19.0. The molecule has 1 N–H and O–H groups in total. The van der Waals surface area contributed by atoms with Gasteiger partial charge in [-0.1, -0.05) is 15.3 Å². The molecular formula is C24H22F2N5OP. The van der Waals surface area contributed by atoms with E-state index in [1.54, 1.807) is 10.9 Å². The average molecular weight is 465 g/mol. The number of nitrogens with one attached hydrogen (secondary N) is 1. The van der Waals surface area contributed by atoms with Gasteiger partial charge in [0.2, 0.25) is 5.91 Å². The van der Waals surface area contributed by atoms with Gasteiger partial charge in [0.05, 0.1) is 35.6 Å². The van der Waals surface area contributed by atoms with Gasteiger partial charge in [-0.25, -0.2) is 9.97 Å². The minimum absolute atomic E-state index is 0.0277. The Morgan fingerprint density at radius 1 is 1.12 bits per heavy atom. The topological polar surface area (TPSA) is 66.8 Å². The number of hydrogen-bond acceptors (Lipinski definition) is 3. The number of β-lactam (4-membered cyclic amide) rings is 1. The highest BCUT2D eigenvalue weighted by molar-refractivity contribution is 7.17. The monoisotopic (exact) mass is 465 g/mol. The van der Waals surface area contributed by atoms with Gasteiger partial charge in [0.1, 0.15) is 5.69 Å². The maximum atomic E-state index is 13.6. The van der Waals surface area contributed by atoms with Crippen molar-refractivity contribution in [2.75, 3.05) is 4.90 Å². The molecular weight excluding hydrogens is 443 g/mol. The van der Waals surface area contributed by atoms with E-state index in [4.69, 9.17) is 0 Å². The summed E-state index contributed by atoms with van der Waals surface area (Å²) in [6.45, 7) is 2.00. The maximum absolute atomic E-state index is 13.6. The standard InChI is InChI=1S/C24H22F2N5OP/c1-13-8-15(30-10-20(29-12-30)24(25,26)33)4-6-17(13)22-21(14-2-3-14)23(32)31(22)16-5-7-18-19(9-16)28-11-27-18/h4-12,14,21-22H,2-3,33H2,1H3,(H,27,28)/t21?,22-/m0/s1. The number of carbonyl (C=O) groups excluding carboxylic acids is 1. The van der Waals surface area contributed by atoms with Crippen LogP contribution in [0.25, 0.3) is 16.7 Å². The van der Waals surface area contributed by atoms with Crippen LogP contribution in [-0.4, -0.2) is 25.4 Å². The van der Waals surface area contributed by atoms with Gasteiger partial charge in [-0.05, 0) is 67.1 Å². The number of imidazole rings is 2. The summed E-state index contributed by atoms with van der Waals surface area (Å²) in [4.78, 5) is 26.3. The molecule has 0 bridgehead atoms. The molecule has 168 valence electrons. The van der Waals surface area contributed by atoms with Crippen molar-refractivity contribution in [2.24, 2.45) is 11.8 Å². The van der Waals surface area contributed by atoms with Crippen LogP contribution in [0.5, 0.6) is 0 Å². The lowest BCUT2D eigenvalue weighted by Crippen LogP contribution is -2.56. The van der Waals surface area contributed by atoms with Crippen molar-refractivity contribution in [3.05, 3.63) is 72.1 Å². The summed E-state index contributed by atoms with van der Waals surface area (Å²) in [5.74, 6) is 0.551. The number of H-pyrrole nitrogens is 1. The zero-order chi connectivity index (χ0) is 22.9. The number of hydrogen-bond donors (Lipinski definition) is 1. The summed E-state index contributed by atoms with van der Waals surface area (Å²) in [5.41, 5.74) is 2.06. The predicted molar refractivity (Wildman–Crippen MR) is 124 cm³/mol. The van der Waals surface area contributed by atoms with Crippen LogP contribution in [0, 0.1) is 18.8 Å². The third-order valence-corrected chi connectivity index (χ3v) is 7.04. The Kier molecular flexibility index (Phi) is 4.46. The van der Waals surface area contributed by atoms with E-state index in [2.05, 4.69) is 15.0 Å². The molecule has 9 heteroatoms. The Labute approximate surface area is 191 Å². The van der Waals surface area contributed by atoms with Gasteiger partial charge in [0.15, 0.2) is 0 Å². The second-order valence-electron chi connectivity index (χ2n) is 8.95. The molecule has 1 aliphatic heterocycles. The van der Waals surface area contributed by atoms with Crippen molar-refractivity contribution < 1.29 is 13.6 Å². The van der Waals surface area contributed by atoms with Crippen LogP contribution in [0.4, 0.5) is 14.5 Å². The summed E-state index contributed by atoms with van der Waals surface area (Å²) in [7, 11) is 1.51. The summed E-state index contributed by atoms with van der Waals surface area (Å²) in [5, 5.41) is 0. The van der Waals surface area contributed by atoms with Crippen LogP contribution in [-0.2, 0) is 10.5 Å². The molecule has 1 saturated heterocycles. The first kappa shape index (κ1) is 20.5. The van der Waals surface area contributed by atoms with Crippen molar-refractivity contribution in [1.29, 1.82) is 0 Å². The van der Waals surface area contributed by atoms with Crippen LogP contribution < -0.4 is 4.90 Å². The molecule has 0 radical (unpaired) electrons. The summed E-state index contributed by atoms with van der Waals surface area (Å²) in [6, 6.07) is 11.7. The second-order valence-corrected chi connectivity index (χ2v) is 9.68. The van der Waals surface area contributed by atoms with Gasteiger partial charge in [0.25, 0.3) is 0 Å². The number of nitrogens with zero attached hydrogens (tertiary/aromatic N) is 4. The zero-order valence-electron chi connectivity index (χ0n) is 17.9. The van der Waals surface area contributed by atoms with E-state index < -0.39 is 5.66 Å². The molecule has 33 heavy (non-hydrogen) atoms. The number of amides is 1. The van der Waals surface area contributed by atoms with E-state index in [1.165, 1.54) is 21.8 Å². The number of carbonyl (C=O) groups is 1. The van der Waals surface area contributed by atoms with Crippen molar-refractivity contribution in [1.82, 2.24) is 19.5 Å². The molecule has 1 amide bonds. The molecule has 1 saturated carbocycles. The number of aromatic nitrogens is 4. The van der Waals surface area contributed by atoms with E-state index in [9.17, 15) is 13.6 Å². The van der Waals surface area contributed by atoms with Gasteiger partial charge in [-0.2, -0.15) is 8.78 Å². The van der Waals surface area contributed by atoms with Crippen molar-refractivity contribution in [3.8, 4) is 5.69 Å². The van der Waals surface area contributed by atoms with Gasteiger partial charge in [-0.3, -0.25) is 4.79 Å². The lowest BCUT2D eigenvalue weighted by atomic mass is 9.77. The Bertz CT molecular complexity index is 1390. The van der Waals surface area contributed by atoms with Crippen molar-refractivity contribution in [2.45, 2.75) is 31.5 Å². The fourth-order valence-electron chi connectivity index (χ4n) is 4.90. The normalized spacial score (nSPS) is 21.0. The molecule has 3 atom stereocenters.